The van der Waals surface area contributed by atoms with E-state index in [0.29, 0.717) is 41.9 Å². The fraction of sp³-hybridized carbons (Fsp3) is 0.231. The van der Waals surface area contributed by atoms with Crippen LogP contribution in [0.15, 0.2) is 55.3 Å². The number of urea groups is 1. The first-order valence-corrected chi connectivity index (χ1v) is 12.4. The van der Waals surface area contributed by atoms with Crippen molar-refractivity contribution in [3.05, 3.63) is 76.4 Å². The Labute approximate surface area is 230 Å². The Kier molecular flexibility index (Phi) is 8.55. The van der Waals surface area contributed by atoms with E-state index in [2.05, 4.69) is 27.2 Å². The largest absolute Gasteiger partial charge is 0.495 e. The second-order valence-corrected chi connectivity index (χ2v) is 8.92. The van der Waals surface area contributed by atoms with Gasteiger partial charge in [0, 0.05) is 30.9 Å². The molecule has 0 saturated carbocycles. The van der Waals surface area contributed by atoms with Crippen molar-refractivity contribution < 1.29 is 19.1 Å². The van der Waals surface area contributed by atoms with Crippen molar-refractivity contribution in [2.75, 3.05) is 42.4 Å². The molecule has 4 rings (SSSR count). The number of halogens is 2. The van der Waals surface area contributed by atoms with Crippen LogP contribution >= 0.6 is 23.2 Å². The number of hydrogen-bond acceptors (Lipinski definition) is 7. The lowest BCUT2D eigenvalue weighted by molar-refractivity contribution is -0.116. The summed E-state index contributed by atoms with van der Waals surface area (Å²) in [6.45, 7) is 4.51. The van der Waals surface area contributed by atoms with Crippen LogP contribution in [-0.4, -0.2) is 49.2 Å². The Morgan fingerprint density at radius 3 is 2.45 bits per heavy atom. The standard InChI is InChI=1S/C26H26Cl2N6O4/c1-4-20(35)29-10-11-30-25-31-13-17-15-33(23-21(27)18(37-2)12-19(38-3)22(23)28)26(36)34(24(17)32-25)14-16-8-6-5-7-9-16/h4-9,12-13H,1,10-11,14-15H2,2-3H3,(H,29,35)(H,30,31,32). The molecule has 2 N–H and O–H groups in total. The Balaban J connectivity index is 1.72. The number of anilines is 3. The van der Waals surface area contributed by atoms with Crippen molar-refractivity contribution in [2.45, 2.75) is 13.1 Å². The highest BCUT2D eigenvalue weighted by atomic mass is 35.5. The maximum absolute atomic E-state index is 14.0. The van der Waals surface area contributed by atoms with Gasteiger partial charge < -0.3 is 20.1 Å². The van der Waals surface area contributed by atoms with Gasteiger partial charge in [0.1, 0.15) is 27.4 Å². The maximum atomic E-state index is 14.0. The minimum atomic E-state index is -0.386. The van der Waals surface area contributed by atoms with E-state index in [1.807, 2.05) is 30.3 Å². The van der Waals surface area contributed by atoms with Gasteiger partial charge in [-0.1, -0.05) is 60.1 Å². The summed E-state index contributed by atoms with van der Waals surface area (Å²) in [5.41, 5.74) is 1.84. The van der Waals surface area contributed by atoms with Crippen LogP contribution in [0.5, 0.6) is 11.5 Å². The molecule has 198 valence electrons. The molecule has 0 spiro atoms. The van der Waals surface area contributed by atoms with E-state index in [0.717, 1.165) is 5.56 Å². The molecule has 0 aliphatic carbocycles. The lowest BCUT2D eigenvalue weighted by Gasteiger charge is -2.37. The molecule has 0 saturated heterocycles. The molecule has 1 aliphatic heterocycles. The van der Waals surface area contributed by atoms with Crippen LogP contribution in [0.3, 0.4) is 0 Å². The molecule has 38 heavy (non-hydrogen) atoms. The number of carbonyl (C=O) groups is 2. The number of ether oxygens (including phenoxy) is 2. The lowest BCUT2D eigenvalue weighted by Crippen LogP contribution is -2.48. The topological polar surface area (TPSA) is 109 Å². The summed E-state index contributed by atoms with van der Waals surface area (Å²) < 4.78 is 10.8. The molecule has 0 fully saturated rings. The molecule has 12 heteroatoms. The number of nitrogens with zero attached hydrogens (tertiary/aromatic N) is 4. The fourth-order valence-corrected chi connectivity index (χ4v) is 4.63. The number of fused-ring (bicyclic) bond motifs is 1. The van der Waals surface area contributed by atoms with E-state index in [1.165, 1.54) is 25.2 Å². The molecule has 0 bridgehead atoms. The summed E-state index contributed by atoms with van der Waals surface area (Å²) in [5.74, 6) is 1.12. The molecule has 1 aliphatic rings. The smallest absolute Gasteiger partial charge is 0.330 e. The van der Waals surface area contributed by atoms with E-state index in [9.17, 15) is 9.59 Å². The molecule has 1 aromatic heterocycles. The third-order valence-electron chi connectivity index (χ3n) is 5.78. The van der Waals surface area contributed by atoms with Gasteiger partial charge in [0.25, 0.3) is 0 Å². The zero-order valence-electron chi connectivity index (χ0n) is 20.8. The summed E-state index contributed by atoms with van der Waals surface area (Å²) >= 11 is 13.3. The Bertz CT molecular complexity index is 1330. The summed E-state index contributed by atoms with van der Waals surface area (Å²) in [6.07, 6.45) is 2.84. The first-order valence-electron chi connectivity index (χ1n) is 11.6. The van der Waals surface area contributed by atoms with Gasteiger partial charge in [0.2, 0.25) is 11.9 Å². The number of rotatable bonds is 10. The molecule has 2 heterocycles. The highest BCUT2D eigenvalue weighted by molar-refractivity contribution is 6.42. The van der Waals surface area contributed by atoms with Crippen LogP contribution in [0.1, 0.15) is 11.1 Å². The summed E-state index contributed by atoms with van der Waals surface area (Å²) in [6, 6.07) is 10.7. The van der Waals surface area contributed by atoms with Gasteiger partial charge in [-0.3, -0.25) is 14.6 Å². The number of aromatic nitrogens is 2. The molecule has 3 aromatic rings. The lowest BCUT2D eigenvalue weighted by atomic mass is 10.1. The highest BCUT2D eigenvalue weighted by Gasteiger charge is 2.36. The number of hydrogen-bond donors (Lipinski definition) is 2. The van der Waals surface area contributed by atoms with Gasteiger partial charge in [-0.2, -0.15) is 4.98 Å². The van der Waals surface area contributed by atoms with Gasteiger partial charge in [-0.05, 0) is 11.6 Å². The quantitative estimate of drug-likeness (QED) is 0.276. The summed E-state index contributed by atoms with van der Waals surface area (Å²) in [7, 11) is 2.94. The Hall–Kier alpha value is -4.02. The van der Waals surface area contributed by atoms with Gasteiger partial charge in [-0.15, -0.1) is 0 Å². The second kappa shape index (κ2) is 12.0. The van der Waals surface area contributed by atoms with Crippen molar-refractivity contribution in [3.8, 4) is 11.5 Å². The average Bonchev–Trinajstić information content (AvgIpc) is 2.94. The number of amides is 3. The van der Waals surface area contributed by atoms with Crippen molar-refractivity contribution in [1.29, 1.82) is 0 Å². The maximum Gasteiger partial charge on any atom is 0.330 e. The first kappa shape index (κ1) is 27.0. The number of nitrogens with one attached hydrogen (secondary N) is 2. The minimum absolute atomic E-state index is 0.116. The summed E-state index contributed by atoms with van der Waals surface area (Å²) in [5, 5.41) is 6.09. The Morgan fingerprint density at radius 1 is 1.13 bits per heavy atom. The molecule has 0 atom stereocenters. The van der Waals surface area contributed by atoms with Gasteiger partial charge in [0.15, 0.2) is 0 Å². The van der Waals surface area contributed by atoms with Crippen LogP contribution in [0, 0.1) is 0 Å². The number of benzene rings is 2. The molecule has 10 nitrogen and oxygen atoms in total. The highest BCUT2D eigenvalue weighted by Crippen LogP contribution is 2.48. The molecule has 0 unspecified atom stereocenters. The van der Waals surface area contributed by atoms with Gasteiger partial charge in [-0.25, -0.2) is 9.78 Å². The van der Waals surface area contributed by atoms with Crippen LogP contribution in [0.4, 0.5) is 22.2 Å². The zero-order chi connectivity index (χ0) is 27.2. The number of methoxy groups -OCH3 is 2. The van der Waals surface area contributed by atoms with Crippen LogP contribution in [-0.2, 0) is 17.9 Å². The monoisotopic (exact) mass is 556 g/mol. The normalized spacial score (nSPS) is 12.6. The van der Waals surface area contributed by atoms with Crippen LogP contribution in [0.25, 0.3) is 0 Å². The van der Waals surface area contributed by atoms with Gasteiger partial charge >= 0.3 is 6.03 Å². The molecule has 2 aromatic carbocycles. The van der Waals surface area contributed by atoms with Crippen molar-refractivity contribution in [1.82, 2.24) is 15.3 Å². The van der Waals surface area contributed by atoms with Crippen molar-refractivity contribution >= 4 is 52.6 Å². The van der Waals surface area contributed by atoms with E-state index in [1.54, 1.807) is 17.2 Å². The van der Waals surface area contributed by atoms with Crippen LogP contribution in [0.2, 0.25) is 10.0 Å². The summed E-state index contributed by atoms with van der Waals surface area (Å²) in [4.78, 5) is 37.4. The molecular formula is C26H26Cl2N6O4. The third kappa shape index (κ3) is 5.61. The fourth-order valence-electron chi connectivity index (χ4n) is 3.93. The molecule has 0 radical (unpaired) electrons. The Morgan fingerprint density at radius 2 is 1.82 bits per heavy atom. The zero-order valence-corrected chi connectivity index (χ0v) is 22.3. The van der Waals surface area contributed by atoms with E-state index >= 15 is 0 Å². The van der Waals surface area contributed by atoms with E-state index in [-0.39, 0.29) is 40.8 Å². The predicted octanol–water partition coefficient (Wildman–Crippen LogP) is 4.66. The van der Waals surface area contributed by atoms with E-state index < -0.39 is 0 Å². The SMILES string of the molecule is C=CC(=O)NCCNc1ncc2c(n1)N(Cc1ccccc1)C(=O)N(c1c(Cl)c(OC)cc(OC)c1Cl)C2. The predicted molar refractivity (Wildman–Crippen MR) is 147 cm³/mol. The number of carbonyl (C=O) groups excluding carboxylic acids is 2. The van der Waals surface area contributed by atoms with Crippen molar-refractivity contribution in [3.63, 3.8) is 0 Å². The average molecular weight is 557 g/mol. The van der Waals surface area contributed by atoms with Crippen LogP contribution < -0.4 is 29.9 Å². The van der Waals surface area contributed by atoms with E-state index in [4.69, 9.17) is 32.7 Å². The van der Waals surface area contributed by atoms with Gasteiger partial charge in [0.05, 0.1) is 33.0 Å². The third-order valence-corrected chi connectivity index (χ3v) is 6.51. The first-order chi connectivity index (χ1) is 18.4. The second-order valence-electron chi connectivity index (χ2n) is 8.16. The molecular weight excluding hydrogens is 531 g/mol. The molecule has 3 amide bonds. The van der Waals surface area contributed by atoms with Crippen molar-refractivity contribution in [2.24, 2.45) is 0 Å². The minimum Gasteiger partial charge on any atom is -0.495 e.